The third-order valence-corrected chi connectivity index (χ3v) is 2.84. The number of rotatable bonds is 2. The molecule has 0 aliphatic heterocycles. The molecule has 1 aromatic carbocycles. The first-order valence-electron chi connectivity index (χ1n) is 4.83. The molecular weight excluding hydrogens is 320 g/mol. The smallest absolute Gasteiger partial charge is 0.123 e. The summed E-state index contributed by atoms with van der Waals surface area (Å²) in [5, 5.41) is 4.19. The van der Waals surface area contributed by atoms with Crippen molar-refractivity contribution >= 4 is 22.6 Å². The second-order valence-corrected chi connectivity index (χ2v) is 4.84. The van der Waals surface area contributed by atoms with Crippen molar-refractivity contribution in [2.75, 3.05) is 0 Å². The molecule has 0 bridgehead atoms. The highest BCUT2D eigenvalue weighted by Crippen LogP contribution is 2.21. The summed E-state index contributed by atoms with van der Waals surface area (Å²) >= 11 is 2.17. The number of nitrogens with two attached hydrogens (primary N) is 1. The van der Waals surface area contributed by atoms with E-state index in [2.05, 4.69) is 27.7 Å². The van der Waals surface area contributed by atoms with Gasteiger partial charge in [0.2, 0.25) is 0 Å². The average molecular weight is 331 g/mol. The van der Waals surface area contributed by atoms with E-state index < -0.39 is 0 Å². The first-order valence-corrected chi connectivity index (χ1v) is 5.91. The maximum Gasteiger partial charge on any atom is 0.123 e. The Labute approximate surface area is 107 Å². The summed E-state index contributed by atoms with van der Waals surface area (Å²) in [5.41, 5.74) is 7.39. The zero-order valence-corrected chi connectivity index (χ0v) is 10.8. The molecular formula is C11H11FIN3. The molecule has 5 heteroatoms. The van der Waals surface area contributed by atoms with Gasteiger partial charge in [-0.3, -0.25) is 0 Å². The topological polar surface area (TPSA) is 43.8 Å². The Bertz CT molecular complexity index is 508. The van der Waals surface area contributed by atoms with Crippen molar-refractivity contribution in [3.63, 3.8) is 0 Å². The van der Waals surface area contributed by atoms with Gasteiger partial charge in [-0.25, -0.2) is 9.07 Å². The van der Waals surface area contributed by atoms with Gasteiger partial charge in [0.05, 0.1) is 15.5 Å². The van der Waals surface area contributed by atoms with Gasteiger partial charge in [0.15, 0.2) is 0 Å². The van der Waals surface area contributed by atoms with Gasteiger partial charge >= 0.3 is 0 Å². The summed E-state index contributed by atoms with van der Waals surface area (Å²) in [7, 11) is 0. The van der Waals surface area contributed by atoms with Gasteiger partial charge in [0.1, 0.15) is 5.82 Å². The highest BCUT2D eigenvalue weighted by atomic mass is 127. The lowest BCUT2D eigenvalue weighted by Gasteiger charge is -2.12. The molecule has 0 aliphatic carbocycles. The first-order chi connectivity index (χ1) is 7.58. The maximum atomic E-state index is 13.1. The zero-order chi connectivity index (χ0) is 11.7. The van der Waals surface area contributed by atoms with Crippen LogP contribution in [-0.4, -0.2) is 9.78 Å². The summed E-state index contributed by atoms with van der Waals surface area (Å²) in [6, 6.07) is 4.33. The van der Waals surface area contributed by atoms with Crippen LogP contribution in [0.15, 0.2) is 30.6 Å². The van der Waals surface area contributed by atoms with Crippen LogP contribution in [0.25, 0.3) is 5.69 Å². The fourth-order valence-electron chi connectivity index (χ4n) is 1.53. The van der Waals surface area contributed by atoms with Gasteiger partial charge in [0.25, 0.3) is 0 Å². The van der Waals surface area contributed by atoms with Crippen LogP contribution in [0.3, 0.4) is 0 Å². The standard InChI is InChI=1S/C11H11FIN3/c1-7(14)10-4-8(12)2-3-11(10)16-6-9(13)5-15-16/h2-7H,14H2,1H3/t7-/m1/s1. The van der Waals surface area contributed by atoms with Crippen molar-refractivity contribution in [3.8, 4) is 5.69 Å². The second kappa shape index (κ2) is 4.50. The molecule has 0 saturated heterocycles. The molecule has 0 fully saturated rings. The van der Waals surface area contributed by atoms with Crippen LogP contribution in [-0.2, 0) is 0 Å². The van der Waals surface area contributed by atoms with Crippen LogP contribution >= 0.6 is 22.6 Å². The second-order valence-electron chi connectivity index (χ2n) is 3.59. The summed E-state index contributed by atoms with van der Waals surface area (Å²) in [4.78, 5) is 0. The van der Waals surface area contributed by atoms with Crippen LogP contribution in [0.2, 0.25) is 0 Å². The van der Waals surface area contributed by atoms with Crippen molar-refractivity contribution < 1.29 is 4.39 Å². The summed E-state index contributed by atoms with van der Waals surface area (Å²) in [6.45, 7) is 1.83. The molecule has 1 atom stereocenters. The van der Waals surface area contributed by atoms with E-state index in [4.69, 9.17) is 5.73 Å². The minimum atomic E-state index is -0.280. The van der Waals surface area contributed by atoms with Crippen LogP contribution < -0.4 is 5.73 Å². The van der Waals surface area contributed by atoms with E-state index in [-0.39, 0.29) is 11.9 Å². The molecule has 84 valence electrons. The Balaban J connectivity index is 2.56. The predicted octanol–water partition coefficient (Wildman–Crippen LogP) is 2.64. The number of aromatic nitrogens is 2. The molecule has 0 radical (unpaired) electrons. The highest BCUT2D eigenvalue weighted by Gasteiger charge is 2.10. The lowest BCUT2D eigenvalue weighted by molar-refractivity contribution is 0.620. The average Bonchev–Trinajstić information content (AvgIpc) is 2.64. The van der Waals surface area contributed by atoms with E-state index in [0.29, 0.717) is 0 Å². The molecule has 2 N–H and O–H groups in total. The fourth-order valence-corrected chi connectivity index (χ4v) is 1.92. The largest absolute Gasteiger partial charge is 0.324 e. The summed E-state index contributed by atoms with van der Waals surface area (Å²) in [6.07, 6.45) is 3.62. The van der Waals surface area contributed by atoms with Gasteiger partial charge in [-0.2, -0.15) is 5.10 Å². The lowest BCUT2D eigenvalue weighted by atomic mass is 10.1. The van der Waals surface area contributed by atoms with Crippen molar-refractivity contribution in [1.29, 1.82) is 0 Å². The molecule has 2 aromatic rings. The maximum absolute atomic E-state index is 13.1. The van der Waals surface area contributed by atoms with Crippen molar-refractivity contribution in [2.45, 2.75) is 13.0 Å². The fraction of sp³-hybridized carbons (Fsp3) is 0.182. The Morgan fingerprint density at radius 2 is 2.25 bits per heavy atom. The summed E-state index contributed by atoms with van der Waals surface area (Å²) < 4.78 is 15.9. The Kier molecular flexibility index (Phi) is 3.25. The molecule has 0 saturated carbocycles. The number of nitrogens with zero attached hydrogens (tertiary/aromatic N) is 2. The monoisotopic (exact) mass is 331 g/mol. The van der Waals surface area contributed by atoms with Crippen molar-refractivity contribution in [3.05, 3.63) is 45.5 Å². The molecule has 0 aliphatic rings. The summed E-state index contributed by atoms with van der Waals surface area (Å²) in [5.74, 6) is -0.280. The molecule has 0 amide bonds. The third kappa shape index (κ3) is 2.25. The van der Waals surface area contributed by atoms with Crippen LogP contribution in [0, 0.1) is 9.39 Å². The van der Waals surface area contributed by atoms with Gasteiger partial charge in [-0.05, 0) is 53.3 Å². The minimum Gasteiger partial charge on any atom is -0.324 e. The van der Waals surface area contributed by atoms with Gasteiger partial charge < -0.3 is 5.73 Å². The van der Waals surface area contributed by atoms with Gasteiger partial charge in [-0.1, -0.05) is 0 Å². The third-order valence-electron chi connectivity index (χ3n) is 2.28. The minimum absolute atomic E-state index is 0.229. The normalized spacial score (nSPS) is 12.8. The van der Waals surface area contributed by atoms with Crippen molar-refractivity contribution in [2.24, 2.45) is 5.73 Å². The molecule has 0 unspecified atom stereocenters. The number of hydrogen-bond donors (Lipinski definition) is 1. The molecule has 16 heavy (non-hydrogen) atoms. The van der Waals surface area contributed by atoms with E-state index in [1.807, 2.05) is 13.1 Å². The molecule has 0 spiro atoms. The van der Waals surface area contributed by atoms with E-state index in [0.717, 1.165) is 14.8 Å². The van der Waals surface area contributed by atoms with E-state index >= 15 is 0 Å². The SMILES string of the molecule is C[C@@H](N)c1cc(F)ccc1-n1cc(I)cn1. The molecule has 1 heterocycles. The van der Waals surface area contributed by atoms with Gasteiger partial charge in [0, 0.05) is 12.2 Å². The van der Waals surface area contributed by atoms with Crippen LogP contribution in [0.1, 0.15) is 18.5 Å². The number of hydrogen-bond acceptors (Lipinski definition) is 2. The first kappa shape index (κ1) is 11.5. The molecule has 2 rings (SSSR count). The van der Waals surface area contributed by atoms with E-state index in [1.165, 1.54) is 12.1 Å². The Morgan fingerprint density at radius 3 is 2.81 bits per heavy atom. The Morgan fingerprint density at radius 1 is 1.50 bits per heavy atom. The molecule has 1 aromatic heterocycles. The van der Waals surface area contributed by atoms with Crippen molar-refractivity contribution in [1.82, 2.24) is 9.78 Å². The zero-order valence-electron chi connectivity index (χ0n) is 8.69. The van der Waals surface area contributed by atoms with Crippen LogP contribution in [0.5, 0.6) is 0 Å². The van der Waals surface area contributed by atoms with Gasteiger partial charge in [-0.15, -0.1) is 0 Å². The highest BCUT2D eigenvalue weighted by molar-refractivity contribution is 14.1. The quantitative estimate of drug-likeness (QED) is 0.860. The Hall–Kier alpha value is -0.950. The molecule has 3 nitrogen and oxygen atoms in total. The van der Waals surface area contributed by atoms with E-state index in [9.17, 15) is 4.39 Å². The lowest BCUT2D eigenvalue weighted by Crippen LogP contribution is -2.10. The van der Waals surface area contributed by atoms with E-state index in [1.54, 1.807) is 16.9 Å². The number of halogens is 2. The van der Waals surface area contributed by atoms with Crippen LogP contribution in [0.4, 0.5) is 4.39 Å². The number of benzene rings is 1. The predicted molar refractivity (Wildman–Crippen MR) is 68.8 cm³/mol.